The number of anilines is 1. The molecule has 0 unspecified atom stereocenters. The summed E-state index contributed by atoms with van der Waals surface area (Å²) in [6.45, 7) is 5.54. The molecule has 9 heteroatoms. The predicted molar refractivity (Wildman–Crippen MR) is 112 cm³/mol. The van der Waals surface area contributed by atoms with E-state index in [0.29, 0.717) is 17.3 Å². The van der Waals surface area contributed by atoms with Gasteiger partial charge in [0.25, 0.3) is 0 Å². The van der Waals surface area contributed by atoms with Crippen LogP contribution in [0.1, 0.15) is 13.8 Å². The molecule has 2 aromatic heterocycles. The predicted octanol–water partition coefficient (Wildman–Crippen LogP) is 4.46. The number of fused-ring (bicyclic) bond motifs is 1. The number of nitrogens with one attached hydrogen (secondary N) is 1. The van der Waals surface area contributed by atoms with Crippen LogP contribution in [0.4, 0.5) is 10.1 Å². The van der Waals surface area contributed by atoms with E-state index in [-0.39, 0.29) is 5.02 Å². The summed E-state index contributed by atoms with van der Waals surface area (Å²) in [5, 5.41) is 15.4. The van der Waals surface area contributed by atoms with Crippen molar-refractivity contribution in [2.75, 3.05) is 25.1 Å². The van der Waals surface area contributed by atoms with Gasteiger partial charge in [-0.3, -0.25) is 0 Å². The van der Waals surface area contributed by atoms with E-state index in [1.54, 1.807) is 13.2 Å². The monoisotopic (exact) mass is 414 g/mol. The van der Waals surface area contributed by atoms with Crippen molar-refractivity contribution >= 4 is 28.2 Å². The molecule has 2 heterocycles. The van der Waals surface area contributed by atoms with E-state index in [2.05, 4.69) is 25.5 Å². The molecule has 0 saturated carbocycles. The molecule has 0 spiro atoms. The Hall–Kier alpha value is -3.13. The summed E-state index contributed by atoms with van der Waals surface area (Å²) >= 11 is 6.16. The molecule has 7 nitrogen and oxygen atoms in total. The Morgan fingerprint density at radius 3 is 2.66 bits per heavy atom. The minimum atomic E-state index is -0.477. The maximum absolute atomic E-state index is 14.5. The fourth-order valence-corrected chi connectivity index (χ4v) is 3.77. The van der Waals surface area contributed by atoms with E-state index in [1.165, 1.54) is 6.07 Å². The van der Waals surface area contributed by atoms with Gasteiger partial charge in [-0.2, -0.15) is 5.21 Å². The van der Waals surface area contributed by atoms with Gasteiger partial charge in [-0.1, -0.05) is 17.7 Å². The number of aromatic amines is 1. The van der Waals surface area contributed by atoms with Gasteiger partial charge in [0.15, 0.2) is 0 Å². The third-order valence-electron chi connectivity index (χ3n) is 4.93. The van der Waals surface area contributed by atoms with Gasteiger partial charge in [-0.15, -0.1) is 10.2 Å². The smallest absolute Gasteiger partial charge is 0.223 e. The van der Waals surface area contributed by atoms with Crippen molar-refractivity contribution < 1.29 is 9.13 Å². The van der Waals surface area contributed by atoms with E-state index in [0.717, 1.165) is 35.4 Å². The molecule has 4 aromatic rings. The third-order valence-corrected chi connectivity index (χ3v) is 5.22. The second-order valence-electron chi connectivity index (χ2n) is 6.43. The zero-order valence-electron chi connectivity index (χ0n) is 16.3. The van der Waals surface area contributed by atoms with Crippen molar-refractivity contribution in [2.24, 2.45) is 0 Å². The number of benzene rings is 2. The number of rotatable bonds is 6. The van der Waals surface area contributed by atoms with E-state index in [1.807, 2.05) is 42.7 Å². The topological polar surface area (TPSA) is 71.9 Å². The van der Waals surface area contributed by atoms with Gasteiger partial charge in [0.05, 0.1) is 29.0 Å². The van der Waals surface area contributed by atoms with Gasteiger partial charge in [0.2, 0.25) is 5.82 Å². The SMILES string of the molecule is CCN(CC)c1c(-c2nn[nH]n2)n(-c2cccc(OC)c2)c2cc(Cl)c(F)cc12. The van der Waals surface area contributed by atoms with Gasteiger partial charge in [-0.25, -0.2) is 4.39 Å². The first-order chi connectivity index (χ1) is 14.1. The Kier molecular flexibility index (Phi) is 5.10. The molecule has 1 N–H and O–H groups in total. The van der Waals surface area contributed by atoms with E-state index in [9.17, 15) is 4.39 Å². The van der Waals surface area contributed by atoms with Crippen molar-refractivity contribution in [3.05, 3.63) is 47.2 Å². The van der Waals surface area contributed by atoms with Crippen molar-refractivity contribution in [1.29, 1.82) is 0 Å². The second-order valence-corrected chi connectivity index (χ2v) is 6.83. The van der Waals surface area contributed by atoms with Crippen LogP contribution in [0.25, 0.3) is 28.1 Å². The Morgan fingerprint density at radius 2 is 2.00 bits per heavy atom. The summed E-state index contributed by atoms with van der Waals surface area (Å²) in [4.78, 5) is 2.14. The highest BCUT2D eigenvalue weighted by Gasteiger charge is 2.26. The fourth-order valence-electron chi connectivity index (χ4n) is 3.61. The highest BCUT2D eigenvalue weighted by molar-refractivity contribution is 6.31. The zero-order valence-corrected chi connectivity index (χ0v) is 17.0. The molecule has 0 aliphatic heterocycles. The first kappa shape index (κ1) is 19.2. The highest BCUT2D eigenvalue weighted by Crippen LogP contribution is 2.43. The summed E-state index contributed by atoms with van der Waals surface area (Å²) in [6.07, 6.45) is 0. The summed E-state index contributed by atoms with van der Waals surface area (Å²) in [5.74, 6) is 0.624. The molecule has 2 aromatic carbocycles. The summed E-state index contributed by atoms with van der Waals surface area (Å²) in [7, 11) is 1.61. The normalized spacial score (nSPS) is 11.2. The number of hydrogen-bond acceptors (Lipinski definition) is 5. The first-order valence-electron chi connectivity index (χ1n) is 9.25. The van der Waals surface area contributed by atoms with Crippen molar-refractivity contribution in [1.82, 2.24) is 25.2 Å². The van der Waals surface area contributed by atoms with Crippen LogP contribution in [-0.2, 0) is 0 Å². The quantitative estimate of drug-likeness (QED) is 0.504. The number of hydrogen-bond donors (Lipinski definition) is 1. The van der Waals surface area contributed by atoms with Gasteiger partial charge in [0.1, 0.15) is 17.3 Å². The first-order valence-corrected chi connectivity index (χ1v) is 9.63. The maximum atomic E-state index is 14.5. The number of tetrazole rings is 1. The second kappa shape index (κ2) is 7.71. The minimum absolute atomic E-state index is 0.0462. The number of nitrogens with zero attached hydrogens (tertiary/aromatic N) is 5. The van der Waals surface area contributed by atoms with Crippen molar-refractivity contribution in [3.63, 3.8) is 0 Å². The average Bonchev–Trinajstić information content (AvgIpc) is 3.36. The van der Waals surface area contributed by atoms with Crippen molar-refractivity contribution in [2.45, 2.75) is 13.8 Å². The van der Waals surface area contributed by atoms with E-state index in [4.69, 9.17) is 16.3 Å². The number of halogens is 2. The fraction of sp³-hybridized carbons (Fsp3) is 0.250. The Morgan fingerprint density at radius 1 is 1.21 bits per heavy atom. The molecular formula is C20H20ClFN6O. The lowest BCUT2D eigenvalue weighted by Crippen LogP contribution is -2.22. The van der Waals surface area contributed by atoms with Crippen LogP contribution in [0, 0.1) is 5.82 Å². The van der Waals surface area contributed by atoms with Crippen molar-refractivity contribution in [3.8, 4) is 23.0 Å². The Bertz CT molecular complexity index is 1150. The molecule has 0 atom stereocenters. The molecule has 0 radical (unpaired) electrons. The molecule has 0 aliphatic rings. The molecule has 0 bridgehead atoms. The minimum Gasteiger partial charge on any atom is -0.497 e. The lowest BCUT2D eigenvalue weighted by atomic mass is 10.2. The molecular weight excluding hydrogens is 395 g/mol. The third kappa shape index (κ3) is 3.19. The summed E-state index contributed by atoms with van der Waals surface area (Å²) in [5.41, 5.74) is 3.08. The molecule has 4 rings (SSSR count). The number of ether oxygens (including phenoxy) is 1. The molecule has 150 valence electrons. The summed E-state index contributed by atoms with van der Waals surface area (Å²) < 4.78 is 21.8. The van der Waals surface area contributed by atoms with Crippen LogP contribution in [0.5, 0.6) is 5.75 Å². The zero-order chi connectivity index (χ0) is 20.5. The Labute approximate surface area is 172 Å². The molecule has 0 aliphatic carbocycles. The van der Waals surface area contributed by atoms with Crippen LogP contribution in [0.2, 0.25) is 5.02 Å². The molecule has 0 fully saturated rings. The largest absolute Gasteiger partial charge is 0.497 e. The lowest BCUT2D eigenvalue weighted by Gasteiger charge is -2.22. The van der Waals surface area contributed by atoms with Crippen LogP contribution in [0.15, 0.2) is 36.4 Å². The van der Waals surface area contributed by atoms with Gasteiger partial charge < -0.3 is 14.2 Å². The maximum Gasteiger partial charge on any atom is 0.223 e. The Balaban J connectivity index is 2.18. The van der Waals surface area contributed by atoms with Gasteiger partial charge >= 0.3 is 0 Å². The highest BCUT2D eigenvalue weighted by atomic mass is 35.5. The molecule has 0 saturated heterocycles. The summed E-state index contributed by atoms with van der Waals surface area (Å²) in [6, 6.07) is 10.7. The van der Waals surface area contributed by atoms with Crippen LogP contribution < -0.4 is 9.64 Å². The van der Waals surface area contributed by atoms with Gasteiger partial charge in [0, 0.05) is 24.5 Å². The van der Waals surface area contributed by atoms with Gasteiger partial charge in [-0.05, 0) is 43.3 Å². The lowest BCUT2D eigenvalue weighted by molar-refractivity contribution is 0.414. The molecule has 29 heavy (non-hydrogen) atoms. The standard InChI is InChI=1S/C20H20ClFN6O/c1-4-27(5-2)18-14-10-16(22)15(21)11-17(14)28(19(18)20-23-25-26-24-20)12-7-6-8-13(9-12)29-3/h6-11H,4-5H2,1-3H3,(H,23,24,25,26). The van der Waals surface area contributed by atoms with E-state index < -0.39 is 5.82 Å². The van der Waals surface area contributed by atoms with Crippen LogP contribution in [0.3, 0.4) is 0 Å². The number of H-pyrrole nitrogens is 1. The van der Waals surface area contributed by atoms with Crippen LogP contribution >= 0.6 is 11.6 Å². The van der Waals surface area contributed by atoms with Crippen LogP contribution in [-0.4, -0.2) is 45.4 Å². The average molecular weight is 415 g/mol. The van der Waals surface area contributed by atoms with E-state index >= 15 is 0 Å². The number of methoxy groups -OCH3 is 1. The number of aromatic nitrogens is 5. The molecule has 0 amide bonds.